The van der Waals surface area contributed by atoms with E-state index in [1.165, 1.54) is 35.4 Å². The topological polar surface area (TPSA) is 92.1 Å². The number of nitrogens with zero attached hydrogens (tertiary/aromatic N) is 3. The minimum atomic E-state index is -0.751. The number of carbonyl (C=O) groups excluding carboxylic acids is 1. The molecule has 3 rings (SSSR count). The molecule has 0 aliphatic heterocycles. The van der Waals surface area contributed by atoms with Crippen molar-refractivity contribution in [1.82, 2.24) is 14.3 Å². The fourth-order valence-corrected chi connectivity index (χ4v) is 3.72. The van der Waals surface area contributed by atoms with Crippen LogP contribution in [-0.2, 0) is 17.8 Å². The lowest BCUT2D eigenvalue weighted by molar-refractivity contribution is 0.0595. The van der Waals surface area contributed by atoms with Gasteiger partial charge in [-0.1, -0.05) is 12.1 Å². The number of hydrogen-bond donors (Lipinski definition) is 1. The molecule has 2 heterocycles. The third kappa shape index (κ3) is 4.84. The molecule has 0 unspecified atom stereocenters. The van der Waals surface area contributed by atoms with Gasteiger partial charge in [0.05, 0.1) is 32.1 Å². The van der Waals surface area contributed by atoms with Crippen molar-refractivity contribution in [3.05, 3.63) is 75.3 Å². The molecule has 0 fully saturated rings. The number of ether oxygens (including phenoxy) is 1. The first-order valence-electron chi connectivity index (χ1n) is 8.54. The van der Waals surface area contributed by atoms with Gasteiger partial charge in [-0.15, -0.1) is 23.7 Å². The van der Waals surface area contributed by atoms with E-state index >= 15 is 0 Å². The molecule has 11 heteroatoms. The molecule has 0 radical (unpaired) electrons. The normalized spacial score (nSPS) is 11.3. The highest BCUT2D eigenvalue weighted by Crippen LogP contribution is 2.31. The summed E-state index contributed by atoms with van der Waals surface area (Å²) in [5.74, 6) is -1.41. The number of benzene rings is 1. The van der Waals surface area contributed by atoms with E-state index in [0.29, 0.717) is 11.2 Å². The molecule has 3 aromatic rings. The molecule has 2 N–H and O–H groups in total. The third-order valence-corrected chi connectivity index (χ3v) is 5.33. The number of methoxy groups -OCH3 is 1. The minimum absolute atomic E-state index is 0. The zero-order valence-corrected chi connectivity index (χ0v) is 17.5. The fourth-order valence-electron chi connectivity index (χ4n) is 2.69. The van der Waals surface area contributed by atoms with E-state index in [1.807, 2.05) is 0 Å². The molecule has 30 heavy (non-hydrogen) atoms. The number of nitrogens with two attached hydrogens (primary N) is 1. The summed E-state index contributed by atoms with van der Waals surface area (Å²) in [5.41, 5.74) is 5.37. The molecule has 0 aliphatic carbocycles. The number of esters is 1. The Kier molecular flexibility index (Phi) is 8.04. The Hall–Kier alpha value is -2.82. The largest absolute Gasteiger partial charge is 0.465 e. The fraction of sp³-hybridized carbons (Fsp3) is 0.211. The predicted octanol–water partition coefficient (Wildman–Crippen LogP) is 2.98. The van der Waals surface area contributed by atoms with Gasteiger partial charge in [0, 0.05) is 21.9 Å². The van der Waals surface area contributed by atoms with Crippen molar-refractivity contribution in [2.75, 3.05) is 13.7 Å². The van der Waals surface area contributed by atoms with Crippen molar-refractivity contribution in [1.29, 1.82) is 0 Å². The Morgan fingerprint density at radius 1 is 1.33 bits per heavy atom. The zero-order valence-electron chi connectivity index (χ0n) is 15.9. The molecule has 0 saturated carbocycles. The van der Waals surface area contributed by atoms with Crippen LogP contribution in [0.4, 0.5) is 8.78 Å². The molecule has 2 aromatic heterocycles. The molecule has 1 aromatic carbocycles. The quantitative estimate of drug-likeness (QED) is 0.552. The summed E-state index contributed by atoms with van der Waals surface area (Å²) >= 11 is 1.28. The van der Waals surface area contributed by atoms with E-state index in [9.17, 15) is 18.4 Å². The molecule has 0 spiro atoms. The van der Waals surface area contributed by atoms with Crippen molar-refractivity contribution < 1.29 is 18.3 Å². The van der Waals surface area contributed by atoms with Gasteiger partial charge in [-0.3, -0.25) is 4.57 Å². The molecular formula is C19H19ClF2N4O3S. The highest BCUT2D eigenvalue weighted by Gasteiger charge is 2.17. The molecule has 7 nitrogen and oxygen atoms in total. The van der Waals surface area contributed by atoms with Crippen LogP contribution in [0.5, 0.6) is 0 Å². The lowest BCUT2D eigenvalue weighted by Gasteiger charge is -2.05. The second kappa shape index (κ2) is 10.3. The maximum absolute atomic E-state index is 14.7. The molecule has 0 aliphatic rings. The Morgan fingerprint density at radius 2 is 2.10 bits per heavy atom. The third-order valence-electron chi connectivity index (χ3n) is 4.22. The maximum Gasteiger partial charge on any atom is 0.346 e. The van der Waals surface area contributed by atoms with E-state index in [0.717, 1.165) is 9.56 Å². The van der Waals surface area contributed by atoms with Crippen LogP contribution in [0.25, 0.3) is 10.4 Å². The highest BCUT2D eigenvalue weighted by atomic mass is 35.5. The van der Waals surface area contributed by atoms with Crippen molar-refractivity contribution >= 4 is 29.7 Å². The van der Waals surface area contributed by atoms with Gasteiger partial charge >= 0.3 is 11.7 Å². The van der Waals surface area contributed by atoms with Crippen LogP contribution in [-0.4, -0.2) is 34.0 Å². The van der Waals surface area contributed by atoms with Crippen LogP contribution in [0.1, 0.15) is 15.2 Å². The van der Waals surface area contributed by atoms with Gasteiger partial charge in [0.1, 0.15) is 12.1 Å². The van der Waals surface area contributed by atoms with Gasteiger partial charge < -0.3 is 10.5 Å². The predicted molar refractivity (Wildman–Crippen MR) is 112 cm³/mol. The molecule has 0 bridgehead atoms. The van der Waals surface area contributed by atoms with Gasteiger partial charge in [-0.2, -0.15) is 5.10 Å². The molecule has 0 saturated heterocycles. The summed E-state index contributed by atoms with van der Waals surface area (Å²) in [4.78, 5) is 25.5. The standard InChI is InChI=1S/C19H18F2N4O3S.ClH/c1-28-18(26)15-4-2-3-14(17(15)21)16-6-5-13(29-16)10-24-11-23-25(19(24)27)9-12(7-20)8-22;/h2-7,11H,8-10,22H2,1H3;1H/b12-7+;. The van der Waals surface area contributed by atoms with Gasteiger partial charge in [-0.05, 0) is 23.8 Å². The first-order chi connectivity index (χ1) is 14.0. The number of rotatable bonds is 7. The van der Waals surface area contributed by atoms with Crippen molar-refractivity contribution in [3.8, 4) is 10.4 Å². The number of hydrogen-bond acceptors (Lipinski definition) is 6. The molecular weight excluding hydrogens is 438 g/mol. The van der Waals surface area contributed by atoms with E-state index in [2.05, 4.69) is 9.84 Å². The van der Waals surface area contributed by atoms with E-state index in [1.54, 1.807) is 24.3 Å². The number of aromatic nitrogens is 3. The number of carbonyl (C=O) groups is 1. The van der Waals surface area contributed by atoms with Gasteiger partial charge in [0.2, 0.25) is 0 Å². The number of halogens is 3. The Bertz CT molecular complexity index is 1120. The summed E-state index contributed by atoms with van der Waals surface area (Å²) < 4.78 is 34.4. The average molecular weight is 457 g/mol. The summed E-state index contributed by atoms with van der Waals surface area (Å²) in [5, 5.41) is 3.96. The lowest BCUT2D eigenvalue weighted by atomic mass is 10.1. The molecule has 160 valence electrons. The van der Waals surface area contributed by atoms with E-state index < -0.39 is 17.5 Å². The average Bonchev–Trinajstić information content (AvgIpc) is 3.33. The van der Waals surface area contributed by atoms with Crippen molar-refractivity contribution in [3.63, 3.8) is 0 Å². The summed E-state index contributed by atoms with van der Waals surface area (Å²) in [6.07, 6.45) is 1.72. The summed E-state index contributed by atoms with van der Waals surface area (Å²) in [6, 6.07) is 7.98. The maximum atomic E-state index is 14.7. The minimum Gasteiger partial charge on any atom is -0.465 e. The summed E-state index contributed by atoms with van der Waals surface area (Å²) in [6.45, 7) is 0.180. The van der Waals surface area contributed by atoms with Crippen LogP contribution >= 0.6 is 23.7 Å². The summed E-state index contributed by atoms with van der Waals surface area (Å²) in [7, 11) is 1.19. The second-order valence-electron chi connectivity index (χ2n) is 6.10. The van der Waals surface area contributed by atoms with Gasteiger partial charge in [-0.25, -0.2) is 23.1 Å². The van der Waals surface area contributed by atoms with Crippen LogP contribution in [0.2, 0.25) is 0 Å². The molecule has 0 amide bonds. The monoisotopic (exact) mass is 456 g/mol. The Balaban J connectivity index is 0.00000320. The van der Waals surface area contributed by atoms with E-state index in [4.69, 9.17) is 5.73 Å². The Morgan fingerprint density at radius 3 is 2.77 bits per heavy atom. The van der Waals surface area contributed by atoms with Crippen molar-refractivity contribution in [2.45, 2.75) is 13.1 Å². The van der Waals surface area contributed by atoms with Crippen LogP contribution < -0.4 is 11.4 Å². The Labute approximate surface area is 180 Å². The van der Waals surface area contributed by atoms with Crippen LogP contribution in [0, 0.1) is 5.82 Å². The second-order valence-corrected chi connectivity index (χ2v) is 7.26. The molecule has 0 atom stereocenters. The van der Waals surface area contributed by atoms with Crippen LogP contribution in [0.15, 0.2) is 53.4 Å². The SMILES string of the molecule is COC(=O)c1cccc(-c2ccc(Cn3cnn(C/C(=C/F)CN)c3=O)s2)c1F.Cl. The number of thiophene rings is 1. The van der Waals surface area contributed by atoms with E-state index in [-0.39, 0.29) is 48.7 Å². The first-order valence-corrected chi connectivity index (χ1v) is 9.36. The smallest absolute Gasteiger partial charge is 0.346 e. The first kappa shape index (κ1) is 23.5. The van der Waals surface area contributed by atoms with Gasteiger partial charge in [0.15, 0.2) is 0 Å². The highest BCUT2D eigenvalue weighted by molar-refractivity contribution is 7.15. The van der Waals surface area contributed by atoms with Gasteiger partial charge in [0.25, 0.3) is 0 Å². The van der Waals surface area contributed by atoms with Crippen LogP contribution in [0.3, 0.4) is 0 Å². The lowest BCUT2D eigenvalue weighted by Crippen LogP contribution is -2.26. The zero-order chi connectivity index (χ0) is 21.0. The van der Waals surface area contributed by atoms with Crippen molar-refractivity contribution in [2.24, 2.45) is 5.73 Å².